The SMILES string of the molecule is CN(Cc1nccn1C)c1cccc(F)c1[N+](=O)[O-]. The summed E-state index contributed by atoms with van der Waals surface area (Å²) in [6, 6.07) is 4.05. The summed E-state index contributed by atoms with van der Waals surface area (Å²) >= 11 is 0. The van der Waals surface area contributed by atoms with Crippen molar-refractivity contribution in [2.24, 2.45) is 7.05 Å². The van der Waals surface area contributed by atoms with Crippen LogP contribution in [0, 0.1) is 15.9 Å². The lowest BCUT2D eigenvalue weighted by atomic mass is 10.2. The van der Waals surface area contributed by atoms with E-state index in [2.05, 4.69) is 4.98 Å². The average Bonchev–Trinajstić information content (AvgIpc) is 2.74. The number of nitro benzene ring substituents is 1. The number of hydrogen-bond donors (Lipinski definition) is 0. The molecule has 0 aliphatic rings. The predicted molar refractivity (Wildman–Crippen MR) is 68.4 cm³/mol. The topological polar surface area (TPSA) is 64.2 Å². The molecule has 0 N–H and O–H groups in total. The van der Waals surface area contributed by atoms with Crippen LogP contribution < -0.4 is 4.90 Å². The lowest BCUT2D eigenvalue weighted by Crippen LogP contribution is -2.20. The van der Waals surface area contributed by atoms with E-state index in [0.717, 1.165) is 11.9 Å². The van der Waals surface area contributed by atoms with Gasteiger partial charge in [-0.25, -0.2) is 4.98 Å². The van der Waals surface area contributed by atoms with Crippen LogP contribution in [0.4, 0.5) is 15.8 Å². The van der Waals surface area contributed by atoms with Gasteiger partial charge in [-0.15, -0.1) is 0 Å². The second-order valence-corrected chi connectivity index (χ2v) is 4.18. The molecule has 0 amide bonds. The summed E-state index contributed by atoms with van der Waals surface area (Å²) in [7, 11) is 3.49. The zero-order chi connectivity index (χ0) is 14.0. The first-order valence-electron chi connectivity index (χ1n) is 5.61. The molecule has 2 aromatic rings. The first-order chi connectivity index (χ1) is 9.00. The number of anilines is 1. The summed E-state index contributed by atoms with van der Waals surface area (Å²) in [6.07, 6.45) is 3.42. The van der Waals surface area contributed by atoms with Crippen molar-refractivity contribution in [2.75, 3.05) is 11.9 Å². The number of halogens is 1. The Bertz CT molecular complexity index is 612. The fraction of sp³-hybridized carbons (Fsp3) is 0.250. The van der Waals surface area contributed by atoms with Crippen molar-refractivity contribution in [3.05, 3.63) is 52.3 Å². The van der Waals surface area contributed by atoms with Crippen molar-refractivity contribution >= 4 is 11.4 Å². The van der Waals surface area contributed by atoms with Gasteiger partial charge in [0.25, 0.3) is 0 Å². The molecule has 0 fully saturated rings. The monoisotopic (exact) mass is 264 g/mol. The standard InChI is InChI=1S/C12H13FN4O2/c1-15-7-6-14-11(15)8-16(2)10-5-3-4-9(13)12(10)17(18)19/h3-7H,8H2,1-2H3. The molecule has 0 spiro atoms. The lowest BCUT2D eigenvalue weighted by molar-refractivity contribution is -0.386. The average molecular weight is 264 g/mol. The Hall–Kier alpha value is -2.44. The second kappa shape index (κ2) is 5.05. The zero-order valence-corrected chi connectivity index (χ0v) is 10.6. The first kappa shape index (κ1) is 13.0. The normalized spacial score (nSPS) is 10.5. The summed E-state index contributed by atoms with van der Waals surface area (Å²) in [5.74, 6) is -0.102. The molecule has 1 heterocycles. The van der Waals surface area contributed by atoms with Gasteiger partial charge in [-0.05, 0) is 12.1 Å². The molecule has 6 nitrogen and oxygen atoms in total. The lowest BCUT2D eigenvalue weighted by Gasteiger charge is -2.18. The third-order valence-electron chi connectivity index (χ3n) is 2.86. The van der Waals surface area contributed by atoms with Crippen LogP contribution in [-0.4, -0.2) is 21.5 Å². The Morgan fingerprint density at radius 2 is 2.26 bits per heavy atom. The molecular formula is C12H13FN4O2. The van der Waals surface area contributed by atoms with Gasteiger partial charge in [0.05, 0.1) is 11.5 Å². The quantitative estimate of drug-likeness (QED) is 0.626. The predicted octanol–water partition coefficient (Wildman–Crippen LogP) is 2.10. The van der Waals surface area contributed by atoms with Crippen LogP contribution in [0.1, 0.15) is 5.82 Å². The van der Waals surface area contributed by atoms with Gasteiger partial charge in [-0.2, -0.15) is 4.39 Å². The number of hydrogen-bond acceptors (Lipinski definition) is 4. The van der Waals surface area contributed by atoms with E-state index in [1.54, 1.807) is 24.3 Å². The van der Waals surface area contributed by atoms with Crippen LogP contribution in [0.5, 0.6) is 0 Å². The molecule has 1 aromatic carbocycles. The van der Waals surface area contributed by atoms with E-state index in [1.807, 2.05) is 11.6 Å². The molecular weight excluding hydrogens is 251 g/mol. The zero-order valence-electron chi connectivity index (χ0n) is 10.6. The Kier molecular flexibility index (Phi) is 3.46. The maximum absolute atomic E-state index is 13.5. The number of aryl methyl sites for hydroxylation is 1. The Labute approximate surface area is 109 Å². The van der Waals surface area contributed by atoms with Crippen LogP contribution in [0.3, 0.4) is 0 Å². The molecule has 0 saturated carbocycles. The maximum Gasteiger partial charge on any atom is 0.327 e. The molecule has 0 unspecified atom stereocenters. The Balaban J connectivity index is 2.34. The number of nitrogens with zero attached hydrogens (tertiary/aromatic N) is 4. The third-order valence-corrected chi connectivity index (χ3v) is 2.86. The van der Waals surface area contributed by atoms with Crippen LogP contribution in [-0.2, 0) is 13.6 Å². The second-order valence-electron chi connectivity index (χ2n) is 4.18. The van der Waals surface area contributed by atoms with E-state index >= 15 is 0 Å². The van der Waals surface area contributed by atoms with Gasteiger partial charge in [0, 0.05) is 26.5 Å². The van der Waals surface area contributed by atoms with Crippen molar-refractivity contribution in [1.82, 2.24) is 9.55 Å². The Morgan fingerprint density at radius 3 is 2.84 bits per heavy atom. The molecule has 100 valence electrons. The highest BCUT2D eigenvalue weighted by atomic mass is 19.1. The van der Waals surface area contributed by atoms with Gasteiger partial charge >= 0.3 is 5.69 Å². The fourth-order valence-corrected chi connectivity index (χ4v) is 1.84. The number of aromatic nitrogens is 2. The minimum absolute atomic E-state index is 0.230. The van der Waals surface area contributed by atoms with Crippen LogP contribution in [0.15, 0.2) is 30.6 Å². The first-order valence-corrected chi connectivity index (χ1v) is 5.61. The van der Waals surface area contributed by atoms with E-state index in [1.165, 1.54) is 12.1 Å². The summed E-state index contributed by atoms with van der Waals surface area (Å²) in [6.45, 7) is 0.355. The number of rotatable bonds is 4. The van der Waals surface area contributed by atoms with Crippen molar-refractivity contribution < 1.29 is 9.31 Å². The van der Waals surface area contributed by atoms with Gasteiger partial charge in [0.15, 0.2) is 0 Å². The van der Waals surface area contributed by atoms with Crippen molar-refractivity contribution in [3.63, 3.8) is 0 Å². The van der Waals surface area contributed by atoms with E-state index in [-0.39, 0.29) is 5.69 Å². The highest BCUT2D eigenvalue weighted by Crippen LogP contribution is 2.30. The summed E-state index contributed by atoms with van der Waals surface area (Å²) in [5, 5.41) is 10.9. The van der Waals surface area contributed by atoms with Crippen LogP contribution in [0.25, 0.3) is 0 Å². The molecule has 19 heavy (non-hydrogen) atoms. The minimum Gasteiger partial charge on any atom is -0.361 e. The minimum atomic E-state index is -0.839. The number of nitro groups is 1. The van der Waals surface area contributed by atoms with Gasteiger partial charge < -0.3 is 9.47 Å². The molecule has 2 rings (SSSR count). The highest BCUT2D eigenvalue weighted by molar-refractivity contribution is 5.63. The van der Waals surface area contributed by atoms with Crippen LogP contribution in [0.2, 0.25) is 0 Å². The summed E-state index contributed by atoms with van der Waals surface area (Å²) in [4.78, 5) is 16.0. The maximum atomic E-state index is 13.5. The van der Waals surface area contributed by atoms with Crippen LogP contribution >= 0.6 is 0 Å². The van der Waals surface area contributed by atoms with E-state index in [0.29, 0.717) is 6.54 Å². The molecule has 0 aliphatic carbocycles. The number of imidazole rings is 1. The molecule has 1 aromatic heterocycles. The van der Waals surface area contributed by atoms with Gasteiger partial charge in [-0.3, -0.25) is 10.1 Å². The van der Waals surface area contributed by atoms with E-state index < -0.39 is 16.4 Å². The van der Waals surface area contributed by atoms with Crippen molar-refractivity contribution in [1.29, 1.82) is 0 Å². The highest BCUT2D eigenvalue weighted by Gasteiger charge is 2.22. The Morgan fingerprint density at radius 1 is 1.53 bits per heavy atom. The summed E-state index contributed by atoms with van der Waals surface area (Å²) in [5.41, 5.74) is -0.285. The van der Waals surface area contributed by atoms with Gasteiger partial charge in [0.2, 0.25) is 5.82 Å². The number of benzene rings is 1. The smallest absolute Gasteiger partial charge is 0.327 e. The molecule has 0 bridgehead atoms. The van der Waals surface area contributed by atoms with Crippen molar-refractivity contribution in [2.45, 2.75) is 6.54 Å². The molecule has 0 radical (unpaired) electrons. The fourth-order valence-electron chi connectivity index (χ4n) is 1.84. The van der Waals surface area contributed by atoms with Gasteiger partial charge in [0.1, 0.15) is 11.5 Å². The van der Waals surface area contributed by atoms with Crippen molar-refractivity contribution in [3.8, 4) is 0 Å². The van der Waals surface area contributed by atoms with Gasteiger partial charge in [-0.1, -0.05) is 6.07 Å². The summed E-state index contributed by atoms with van der Waals surface area (Å²) < 4.78 is 15.3. The number of para-hydroxylation sites is 1. The molecule has 0 saturated heterocycles. The van der Waals surface area contributed by atoms with E-state index in [9.17, 15) is 14.5 Å². The third kappa shape index (κ3) is 2.54. The molecule has 0 aliphatic heterocycles. The largest absolute Gasteiger partial charge is 0.361 e. The molecule has 0 atom stereocenters. The van der Waals surface area contributed by atoms with E-state index in [4.69, 9.17) is 0 Å². The molecule has 7 heteroatoms.